The first-order valence-corrected chi connectivity index (χ1v) is 8.15. The fourth-order valence-corrected chi connectivity index (χ4v) is 3.81. The maximum atomic E-state index is 12.5. The molecule has 3 fully saturated rings. The lowest BCUT2D eigenvalue weighted by Gasteiger charge is -2.33. The van der Waals surface area contributed by atoms with Crippen LogP contribution < -0.4 is 10.6 Å². The van der Waals surface area contributed by atoms with Crippen molar-refractivity contribution in [2.24, 2.45) is 0 Å². The van der Waals surface area contributed by atoms with E-state index in [1.165, 1.54) is 0 Å². The Morgan fingerprint density at radius 2 is 2.05 bits per heavy atom. The van der Waals surface area contributed by atoms with Crippen molar-refractivity contribution in [2.45, 2.75) is 50.1 Å². The molecule has 7 heteroatoms. The molecule has 0 aromatic carbocycles. The predicted molar refractivity (Wildman–Crippen MR) is 80.1 cm³/mol. The lowest BCUT2D eigenvalue weighted by Crippen LogP contribution is -2.51. The van der Waals surface area contributed by atoms with E-state index in [-0.39, 0.29) is 18.4 Å². The third-order valence-corrected chi connectivity index (χ3v) is 5.18. The summed E-state index contributed by atoms with van der Waals surface area (Å²) in [4.78, 5) is 39.9. The Labute approximate surface area is 130 Å². The molecule has 0 aromatic rings. The number of rotatable bonds is 3. The van der Waals surface area contributed by atoms with Crippen molar-refractivity contribution < 1.29 is 14.4 Å². The Morgan fingerprint density at radius 3 is 2.73 bits per heavy atom. The summed E-state index contributed by atoms with van der Waals surface area (Å²) in [6.45, 7) is 1.21. The number of hydrogen-bond acceptors (Lipinski definition) is 4. The lowest BCUT2D eigenvalue weighted by atomic mass is 9.98. The van der Waals surface area contributed by atoms with Gasteiger partial charge in [-0.05, 0) is 32.7 Å². The van der Waals surface area contributed by atoms with E-state index < -0.39 is 11.6 Å². The van der Waals surface area contributed by atoms with Gasteiger partial charge >= 0.3 is 6.03 Å². The number of likely N-dealkylation sites (N-methyl/N-ethyl adjacent to an activating group) is 1. The van der Waals surface area contributed by atoms with E-state index in [9.17, 15) is 14.4 Å². The number of likely N-dealkylation sites (tertiary alicyclic amines) is 1. The second-order valence-corrected chi connectivity index (χ2v) is 6.58. The molecule has 22 heavy (non-hydrogen) atoms. The fourth-order valence-electron chi connectivity index (χ4n) is 3.81. The number of piperidine rings is 1. The number of imide groups is 1. The predicted octanol–water partition coefficient (Wildman–Crippen LogP) is 0.0614. The van der Waals surface area contributed by atoms with Crippen LogP contribution in [0.3, 0.4) is 0 Å². The van der Waals surface area contributed by atoms with Crippen molar-refractivity contribution in [3.63, 3.8) is 0 Å². The van der Waals surface area contributed by atoms with Crippen LogP contribution in [0.2, 0.25) is 0 Å². The molecule has 1 unspecified atom stereocenters. The summed E-state index contributed by atoms with van der Waals surface area (Å²) >= 11 is 0. The summed E-state index contributed by atoms with van der Waals surface area (Å²) in [7, 11) is 1.89. The Morgan fingerprint density at radius 1 is 1.32 bits per heavy atom. The van der Waals surface area contributed by atoms with E-state index in [2.05, 4.69) is 10.6 Å². The van der Waals surface area contributed by atoms with Crippen molar-refractivity contribution in [1.82, 2.24) is 20.4 Å². The van der Waals surface area contributed by atoms with E-state index in [1.54, 1.807) is 4.90 Å². The molecular weight excluding hydrogens is 284 g/mol. The van der Waals surface area contributed by atoms with Gasteiger partial charge in [0, 0.05) is 19.1 Å². The highest BCUT2D eigenvalue weighted by Gasteiger charge is 2.52. The number of carbonyl (C=O) groups is 3. The molecule has 7 nitrogen and oxygen atoms in total. The van der Waals surface area contributed by atoms with Gasteiger partial charge in [-0.2, -0.15) is 0 Å². The Kier molecular flexibility index (Phi) is 4.08. The quantitative estimate of drug-likeness (QED) is 0.723. The van der Waals surface area contributed by atoms with Gasteiger partial charge in [0.1, 0.15) is 12.1 Å². The van der Waals surface area contributed by atoms with Crippen LogP contribution in [-0.4, -0.2) is 65.9 Å². The number of amides is 4. The highest BCUT2D eigenvalue weighted by atomic mass is 16.2. The standard InChI is InChI=1S/C15H24N4O3/c1-16-11-5-4-8-18(9-11)12(20)10-19-13(21)15(17-14(19)22)6-2-3-7-15/h11,16H,2-10H2,1H3,(H,17,22). The third-order valence-electron chi connectivity index (χ3n) is 5.18. The zero-order valence-corrected chi connectivity index (χ0v) is 13.1. The maximum absolute atomic E-state index is 12.5. The lowest BCUT2D eigenvalue weighted by molar-refractivity contribution is -0.139. The van der Waals surface area contributed by atoms with Gasteiger partial charge in [-0.25, -0.2) is 4.79 Å². The number of hydrogen-bond donors (Lipinski definition) is 2. The summed E-state index contributed by atoms with van der Waals surface area (Å²) in [6, 6.07) is -0.121. The second-order valence-electron chi connectivity index (χ2n) is 6.58. The molecule has 4 amide bonds. The van der Waals surface area contributed by atoms with Crippen molar-refractivity contribution in [2.75, 3.05) is 26.7 Å². The Hall–Kier alpha value is -1.63. The van der Waals surface area contributed by atoms with Crippen molar-refractivity contribution in [3.8, 4) is 0 Å². The van der Waals surface area contributed by atoms with Crippen LogP contribution in [0.25, 0.3) is 0 Å². The highest BCUT2D eigenvalue weighted by molar-refractivity contribution is 6.09. The smallest absolute Gasteiger partial charge is 0.325 e. The van der Waals surface area contributed by atoms with E-state index in [0.29, 0.717) is 32.0 Å². The van der Waals surface area contributed by atoms with Gasteiger partial charge in [0.2, 0.25) is 5.91 Å². The summed E-state index contributed by atoms with van der Waals surface area (Å²) in [5.74, 6) is -0.357. The van der Waals surface area contributed by atoms with E-state index in [4.69, 9.17) is 0 Å². The molecule has 2 heterocycles. The van der Waals surface area contributed by atoms with Crippen LogP contribution in [0, 0.1) is 0 Å². The van der Waals surface area contributed by atoms with Crippen LogP contribution >= 0.6 is 0 Å². The molecule has 0 radical (unpaired) electrons. The third kappa shape index (κ3) is 2.58. The number of urea groups is 1. The van der Waals surface area contributed by atoms with Crippen LogP contribution in [0.1, 0.15) is 38.5 Å². The molecule has 3 aliphatic rings. The van der Waals surface area contributed by atoms with Gasteiger partial charge in [-0.15, -0.1) is 0 Å². The van der Waals surface area contributed by atoms with Gasteiger partial charge in [0.05, 0.1) is 0 Å². The van der Waals surface area contributed by atoms with Gasteiger partial charge < -0.3 is 15.5 Å². The monoisotopic (exact) mass is 308 g/mol. The molecule has 1 saturated carbocycles. The van der Waals surface area contributed by atoms with Crippen molar-refractivity contribution >= 4 is 17.8 Å². The zero-order chi connectivity index (χ0) is 15.7. The summed E-state index contributed by atoms with van der Waals surface area (Å²) in [5.41, 5.74) is -0.729. The molecule has 0 bridgehead atoms. The van der Waals surface area contributed by atoms with Gasteiger partial charge in [-0.3, -0.25) is 14.5 Å². The SMILES string of the molecule is CNC1CCCN(C(=O)CN2C(=O)NC3(CCCC3)C2=O)C1. The zero-order valence-electron chi connectivity index (χ0n) is 13.1. The first-order valence-electron chi connectivity index (χ1n) is 8.15. The van der Waals surface area contributed by atoms with Gasteiger partial charge in [0.25, 0.3) is 5.91 Å². The van der Waals surface area contributed by atoms with Crippen molar-refractivity contribution in [1.29, 1.82) is 0 Å². The van der Waals surface area contributed by atoms with E-state index in [1.807, 2.05) is 7.05 Å². The van der Waals surface area contributed by atoms with Gasteiger partial charge in [0.15, 0.2) is 0 Å². The molecule has 1 aliphatic carbocycles. The molecule has 1 atom stereocenters. The normalized spacial score (nSPS) is 27.6. The Bertz CT molecular complexity index is 487. The van der Waals surface area contributed by atoms with Gasteiger partial charge in [-0.1, -0.05) is 12.8 Å². The molecule has 2 N–H and O–H groups in total. The van der Waals surface area contributed by atoms with Crippen LogP contribution in [0.5, 0.6) is 0 Å². The molecular formula is C15H24N4O3. The summed E-state index contributed by atoms with van der Waals surface area (Å²) in [5, 5.41) is 6.00. The minimum absolute atomic E-state index is 0.136. The highest BCUT2D eigenvalue weighted by Crippen LogP contribution is 2.34. The van der Waals surface area contributed by atoms with E-state index >= 15 is 0 Å². The fraction of sp³-hybridized carbons (Fsp3) is 0.800. The number of nitrogens with one attached hydrogen (secondary N) is 2. The van der Waals surface area contributed by atoms with E-state index in [0.717, 1.165) is 30.6 Å². The first kappa shape index (κ1) is 15.3. The molecule has 3 rings (SSSR count). The summed E-state index contributed by atoms with van der Waals surface area (Å²) < 4.78 is 0. The van der Waals surface area contributed by atoms with Crippen LogP contribution in [0.4, 0.5) is 4.79 Å². The van der Waals surface area contributed by atoms with Crippen molar-refractivity contribution in [3.05, 3.63) is 0 Å². The average molecular weight is 308 g/mol. The topological polar surface area (TPSA) is 81.8 Å². The second kappa shape index (κ2) is 5.87. The minimum atomic E-state index is -0.729. The molecule has 2 saturated heterocycles. The number of nitrogens with zero attached hydrogens (tertiary/aromatic N) is 2. The molecule has 2 aliphatic heterocycles. The molecule has 0 aromatic heterocycles. The van der Waals surface area contributed by atoms with Crippen LogP contribution in [0.15, 0.2) is 0 Å². The average Bonchev–Trinajstić information content (AvgIpc) is 3.08. The molecule has 122 valence electrons. The summed E-state index contributed by atoms with van der Waals surface area (Å²) in [6.07, 6.45) is 5.27. The first-order chi connectivity index (χ1) is 10.6. The van der Waals surface area contributed by atoms with Crippen LogP contribution in [-0.2, 0) is 9.59 Å². The molecule has 1 spiro atoms. The number of carbonyl (C=O) groups excluding carboxylic acids is 3. The Balaban J connectivity index is 1.64. The minimum Gasteiger partial charge on any atom is -0.340 e. The largest absolute Gasteiger partial charge is 0.340 e. The maximum Gasteiger partial charge on any atom is 0.325 e.